The van der Waals surface area contributed by atoms with Gasteiger partial charge in [-0.25, -0.2) is 4.98 Å². The second kappa shape index (κ2) is 6.01. The Hall–Kier alpha value is -1.40. The SMILES string of the molecule is Cc1nc(CC(=O)N2CCCC2(C)Cc2ccc(Cl)s2)n[nH]1. The summed E-state index contributed by atoms with van der Waals surface area (Å²) in [5.74, 6) is 1.40. The lowest BCUT2D eigenvalue weighted by molar-refractivity contribution is -0.134. The average Bonchev–Trinajstić information content (AvgIpc) is 3.12. The van der Waals surface area contributed by atoms with Crippen LogP contribution in [0.2, 0.25) is 4.34 Å². The molecule has 1 unspecified atom stereocenters. The van der Waals surface area contributed by atoms with Gasteiger partial charge in [-0.05, 0) is 38.8 Å². The summed E-state index contributed by atoms with van der Waals surface area (Å²) in [6.45, 7) is 4.80. The van der Waals surface area contributed by atoms with Gasteiger partial charge in [0.1, 0.15) is 5.82 Å². The first kappa shape index (κ1) is 15.5. The van der Waals surface area contributed by atoms with E-state index in [2.05, 4.69) is 28.2 Å². The van der Waals surface area contributed by atoms with E-state index in [4.69, 9.17) is 11.6 Å². The van der Waals surface area contributed by atoms with Gasteiger partial charge in [0, 0.05) is 23.4 Å². The highest BCUT2D eigenvalue weighted by Gasteiger charge is 2.39. The highest BCUT2D eigenvalue weighted by molar-refractivity contribution is 7.16. The molecule has 1 fully saturated rings. The molecule has 2 aromatic heterocycles. The van der Waals surface area contributed by atoms with Gasteiger partial charge in [0.15, 0.2) is 5.82 Å². The van der Waals surface area contributed by atoms with Gasteiger partial charge in [-0.3, -0.25) is 9.89 Å². The third-order valence-electron chi connectivity index (χ3n) is 4.19. The Labute approximate surface area is 138 Å². The van der Waals surface area contributed by atoms with Crippen molar-refractivity contribution in [2.24, 2.45) is 0 Å². The molecule has 2 aromatic rings. The summed E-state index contributed by atoms with van der Waals surface area (Å²) < 4.78 is 0.797. The van der Waals surface area contributed by atoms with E-state index in [0.717, 1.165) is 36.0 Å². The second-order valence-corrected chi connectivity index (χ2v) is 7.84. The fourth-order valence-corrected chi connectivity index (χ4v) is 4.42. The Morgan fingerprint density at radius 3 is 3.00 bits per heavy atom. The van der Waals surface area contributed by atoms with Crippen LogP contribution >= 0.6 is 22.9 Å². The van der Waals surface area contributed by atoms with Crippen LogP contribution in [-0.2, 0) is 17.6 Å². The van der Waals surface area contributed by atoms with Crippen LogP contribution < -0.4 is 0 Å². The molecule has 3 rings (SSSR count). The number of aryl methyl sites for hydroxylation is 1. The number of rotatable bonds is 4. The third-order valence-corrected chi connectivity index (χ3v) is 5.42. The molecule has 0 spiro atoms. The average molecular weight is 339 g/mol. The molecule has 5 nitrogen and oxygen atoms in total. The van der Waals surface area contributed by atoms with Crippen molar-refractivity contribution in [2.75, 3.05) is 6.54 Å². The number of nitrogens with one attached hydrogen (secondary N) is 1. The predicted octanol–water partition coefficient (Wildman–Crippen LogP) is 2.99. The molecule has 1 saturated heterocycles. The predicted molar refractivity (Wildman–Crippen MR) is 87.2 cm³/mol. The first-order valence-electron chi connectivity index (χ1n) is 7.39. The van der Waals surface area contributed by atoms with Crippen molar-refractivity contribution in [3.63, 3.8) is 0 Å². The van der Waals surface area contributed by atoms with Gasteiger partial charge < -0.3 is 4.90 Å². The van der Waals surface area contributed by atoms with Gasteiger partial charge in [-0.15, -0.1) is 11.3 Å². The standard InChI is InChI=1S/C15H19ClN4OS/c1-10-17-13(19-18-10)8-14(21)20-7-3-6-15(20,2)9-11-4-5-12(16)22-11/h4-5H,3,6-9H2,1-2H3,(H,17,18,19). The van der Waals surface area contributed by atoms with Crippen molar-refractivity contribution in [3.05, 3.63) is 33.0 Å². The number of aromatic nitrogens is 3. The van der Waals surface area contributed by atoms with Crippen molar-refractivity contribution < 1.29 is 4.79 Å². The van der Waals surface area contributed by atoms with Crippen LogP contribution in [0.4, 0.5) is 0 Å². The Morgan fingerprint density at radius 1 is 1.55 bits per heavy atom. The second-order valence-electron chi connectivity index (χ2n) is 6.04. The Morgan fingerprint density at radius 2 is 2.36 bits per heavy atom. The topological polar surface area (TPSA) is 61.9 Å². The summed E-state index contributed by atoms with van der Waals surface area (Å²) in [5, 5.41) is 6.85. The molecule has 0 aromatic carbocycles. The third kappa shape index (κ3) is 3.17. The maximum Gasteiger partial charge on any atom is 0.230 e. The molecule has 1 amide bonds. The van der Waals surface area contributed by atoms with Gasteiger partial charge in [0.05, 0.1) is 10.8 Å². The molecule has 0 radical (unpaired) electrons. The maximum absolute atomic E-state index is 12.6. The summed E-state index contributed by atoms with van der Waals surface area (Å²) >= 11 is 7.61. The molecule has 1 aliphatic heterocycles. The van der Waals surface area contributed by atoms with Gasteiger partial charge in [-0.1, -0.05) is 11.6 Å². The first-order valence-corrected chi connectivity index (χ1v) is 8.58. The molecule has 7 heteroatoms. The van der Waals surface area contributed by atoms with Crippen molar-refractivity contribution in [3.8, 4) is 0 Å². The number of amides is 1. The van der Waals surface area contributed by atoms with Crippen LogP contribution in [0.5, 0.6) is 0 Å². The summed E-state index contributed by atoms with van der Waals surface area (Å²) in [6, 6.07) is 3.97. The molecular weight excluding hydrogens is 320 g/mol. The number of aromatic amines is 1. The van der Waals surface area contributed by atoms with E-state index < -0.39 is 0 Å². The van der Waals surface area contributed by atoms with E-state index in [0.29, 0.717) is 5.82 Å². The number of carbonyl (C=O) groups excluding carboxylic acids is 1. The molecule has 0 bridgehead atoms. The summed E-state index contributed by atoms with van der Waals surface area (Å²) in [5.41, 5.74) is -0.142. The maximum atomic E-state index is 12.6. The summed E-state index contributed by atoms with van der Waals surface area (Å²) in [4.78, 5) is 20.1. The zero-order valence-electron chi connectivity index (χ0n) is 12.7. The molecule has 1 N–H and O–H groups in total. The van der Waals surface area contributed by atoms with Crippen molar-refractivity contribution in [1.82, 2.24) is 20.1 Å². The van der Waals surface area contributed by atoms with Crippen LogP contribution in [0, 0.1) is 6.92 Å². The van der Waals surface area contributed by atoms with E-state index in [1.807, 2.05) is 17.9 Å². The normalized spacial score (nSPS) is 21.5. The number of nitrogens with zero attached hydrogens (tertiary/aromatic N) is 3. The van der Waals surface area contributed by atoms with E-state index in [9.17, 15) is 4.79 Å². The zero-order chi connectivity index (χ0) is 15.7. The fraction of sp³-hybridized carbons (Fsp3) is 0.533. The molecule has 1 atom stereocenters. The van der Waals surface area contributed by atoms with Crippen molar-refractivity contribution in [1.29, 1.82) is 0 Å². The fourth-order valence-electron chi connectivity index (χ4n) is 3.15. The van der Waals surface area contributed by atoms with Crippen molar-refractivity contribution >= 4 is 28.8 Å². The van der Waals surface area contributed by atoms with E-state index >= 15 is 0 Å². The highest BCUT2D eigenvalue weighted by atomic mass is 35.5. The highest BCUT2D eigenvalue weighted by Crippen LogP contribution is 2.35. The number of thiophene rings is 1. The zero-order valence-corrected chi connectivity index (χ0v) is 14.3. The van der Waals surface area contributed by atoms with E-state index in [-0.39, 0.29) is 17.9 Å². The number of hydrogen-bond donors (Lipinski definition) is 1. The minimum absolute atomic E-state index is 0.0988. The van der Waals surface area contributed by atoms with Crippen LogP contribution in [0.3, 0.4) is 0 Å². The van der Waals surface area contributed by atoms with Crippen LogP contribution in [0.1, 0.15) is 36.3 Å². The monoisotopic (exact) mass is 338 g/mol. The van der Waals surface area contributed by atoms with Crippen LogP contribution in [0.15, 0.2) is 12.1 Å². The van der Waals surface area contributed by atoms with E-state index in [1.165, 1.54) is 4.88 Å². The number of carbonyl (C=O) groups is 1. The Balaban J connectivity index is 1.72. The van der Waals surface area contributed by atoms with Gasteiger partial charge >= 0.3 is 0 Å². The summed E-state index contributed by atoms with van der Waals surface area (Å²) in [7, 11) is 0. The molecule has 3 heterocycles. The quantitative estimate of drug-likeness (QED) is 0.932. The molecule has 0 saturated carbocycles. The molecule has 1 aliphatic rings. The minimum atomic E-state index is -0.142. The van der Waals surface area contributed by atoms with Crippen molar-refractivity contribution in [2.45, 2.75) is 45.1 Å². The lowest BCUT2D eigenvalue weighted by atomic mass is 9.93. The Kier molecular flexibility index (Phi) is 4.23. The van der Waals surface area contributed by atoms with Crippen LogP contribution in [-0.4, -0.2) is 38.1 Å². The first-order chi connectivity index (χ1) is 10.5. The van der Waals surface area contributed by atoms with Crippen LogP contribution in [0.25, 0.3) is 0 Å². The lowest BCUT2D eigenvalue weighted by Crippen LogP contribution is -2.47. The molecule has 22 heavy (non-hydrogen) atoms. The van der Waals surface area contributed by atoms with Gasteiger partial charge in [0.25, 0.3) is 0 Å². The number of hydrogen-bond acceptors (Lipinski definition) is 4. The largest absolute Gasteiger partial charge is 0.337 e. The smallest absolute Gasteiger partial charge is 0.230 e. The van der Waals surface area contributed by atoms with E-state index in [1.54, 1.807) is 11.3 Å². The van der Waals surface area contributed by atoms with Gasteiger partial charge in [0.2, 0.25) is 5.91 Å². The molecule has 118 valence electrons. The van der Waals surface area contributed by atoms with Gasteiger partial charge in [-0.2, -0.15) is 5.10 Å². The minimum Gasteiger partial charge on any atom is -0.337 e. The number of likely N-dealkylation sites (tertiary alicyclic amines) is 1. The number of halogens is 1. The summed E-state index contributed by atoms with van der Waals surface area (Å²) in [6.07, 6.45) is 3.16. The number of H-pyrrole nitrogens is 1. The molecular formula is C15H19ClN4OS. The lowest BCUT2D eigenvalue weighted by Gasteiger charge is -2.35. The molecule has 0 aliphatic carbocycles. The Bertz CT molecular complexity index is 683.